The molecule has 0 atom stereocenters. The molecule has 0 fully saturated rings. The fourth-order valence-corrected chi connectivity index (χ4v) is 2.06. The molecule has 0 aliphatic carbocycles. The number of nitrogens with zero attached hydrogens (tertiary/aromatic N) is 1. The number of amides is 1. The minimum atomic E-state index is -0.637. The third-order valence-electron chi connectivity index (χ3n) is 1.89. The smallest absolute Gasteiger partial charge is 0.441 e. The van der Waals surface area contributed by atoms with Gasteiger partial charge in [-0.05, 0) is 32.9 Å². The molecule has 5 nitrogen and oxygen atoms in total. The summed E-state index contributed by atoms with van der Waals surface area (Å²) in [5.41, 5.74) is 2.49. The van der Waals surface area contributed by atoms with Gasteiger partial charge in [0.05, 0.1) is 10.2 Å². The molecule has 0 spiro atoms. The van der Waals surface area contributed by atoms with Crippen molar-refractivity contribution in [2.45, 2.75) is 26.4 Å². The second-order valence-corrected chi connectivity index (χ2v) is 5.65. The Morgan fingerprint density at radius 1 is 1.33 bits per heavy atom. The highest BCUT2D eigenvalue weighted by atomic mass is 32.1. The number of fused-ring (bicyclic) bond motifs is 1. The number of thiazole rings is 1. The van der Waals surface area contributed by atoms with Crippen LogP contribution in [-0.4, -0.2) is 16.7 Å². The van der Waals surface area contributed by atoms with E-state index in [2.05, 4.69) is 10.5 Å². The number of carbonyl (C=O) groups is 1. The van der Waals surface area contributed by atoms with Gasteiger partial charge in [0.15, 0.2) is 0 Å². The van der Waals surface area contributed by atoms with Gasteiger partial charge in [-0.25, -0.2) is 9.78 Å². The average Bonchev–Trinajstić information content (AvgIpc) is 2.66. The third kappa shape index (κ3) is 3.33. The molecule has 6 heteroatoms. The number of hydrogen-bond acceptors (Lipinski definition) is 5. The van der Waals surface area contributed by atoms with E-state index in [-0.39, 0.29) is 0 Å². The van der Waals surface area contributed by atoms with Crippen LogP contribution >= 0.6 is 11.3 Å². The molecule has 96 valence electrons. The van der Waals surface area contributed by atoms with Crippen molar-refractivity contribution in [2.24, 2.45) is 0 Å². The summed E-state index contributed by atoms with van der Waals surface area (Å²) >= 11 is 1.35. The molecule has 0 radical (unpaired) electrons. The number of nitrogens with one attached hydrogen (secondary N) is 1. The van der Waals surface area contributed by atoms with Crippen LogP contribution in [0.5, 0.6) is 5.19 Å². The summed E-state index contributed by atoms with van der Waals surface area (Å²) in [6.07, 6.45) is -0.637. The van der Waals surface area contributed by atoms with Gasteiger partial charge < -0.3 is 9.57 Å². The van der Waals surface area contributed by atoms with Gasteiger partial charge in [0.25, 0.3) is 0 Å². The molecule has 1 heterocycles. The number of para-hydroxylation sites is 1. The number of hydroxylamine groups is 1. The summed E-state index contributed by atoms with van der Waals surface area (Å²) in [4.78, 5) is 20.7. The van der Waals surface area contributed by atoms with Gasteiger partial charge in [0, 0.05) is 0 Å². The maximum absolute atomic E-state index is 11.4. The zero-order valence-corrected chi connectivity index (χ0v) is 11.2. The fourth-order valence-electron chi connectivity index (χ4n) is 1.28. The molecule has 0 unspecified atom stereocenters. The lowest BCUT2D eigenvalue weighted by atomic mass is 10.2. The predicted octanol–water partition coefficient (Wildman–Crippen LogP) is 3.11. The number of hydrogen-bond donors (Lipinski definition) is 1. The van der Waals surface area contributed by atoms with Gasteiger partial charge in [-0.1, -0.05) is 23.5 Å². The Hall–Kier alpha value is -1.82. The van der Waals surface area contributed by atoms with Crippen molar-refractivity contribution in [3.05, 3.63) is 24.3 Å². The topological polar surface area (TPSA) is 60.5 Å². The molecule has 1 aromatic carbocycles. The van der Waals surface area contributed by atoms with Gasteiger partial charge in [-0.15, -0.1) is 0 Å². The summed E-state index contributed by atoms with van der Waals surface area (Å²) in [5.74, 6) is 0. The van der Waals surface area contributed by atoms with Crippen LogP contribution in [0.3, 0.4) is 0 Å². The Morgan fingerprint density at radius 2 is 2.06 bits per heavy atom. The molecule has 2 rings (SSSR count). The molecule has 18 heavy (non-hydrogen) atoms. The Morgan fingerprint density at radius 3 is 2.72 bits per heavy atom. The van der Waals surface area contributed by atoms with Crippen LogP contribution in [0.4, 0.5) is 4.79 Å². The average molecular weight is 266 g/mol. The summed E-state index contributed by atoms with van der Waals surface area (Å²) in [7, 11) is 0. The van der Waals surface area contributed by atoms with E-state index < -0.39 is 11.7 Å². The first kappa shape index (κ1) is 12.6. The Kier molecular flexibility index (Phi) is 3.38. The zero-order valence-electron chi connectivity index (χ0n) is 10.4. The van der Waals surface area contributed by atoms with Crippen LogP contribution in [0.25, 0.3) is 10.2 Å². The van der Waals surface area contributed by atoms with Gasteiger partial charge in [0.1, 0.15) is 5.60 Å². The van der Waals surface area contributed by atoms with Gasteiger partial charge in [-0.3, -0.25) is 0 Å². The van der Waals surface area contributed by atoms with Crippen LogP contribution in [0, 0.1) is 0 Å². The number of rotatable bonds is 2. The molecule has 0 bridgehead atoms. The van der Waals surface area contributed by atoms with E-state index in [1.165, 1.54) is 11.3 Å². The highest BCUT2D eigenvalue weighted by Crippen LogP contribution is 2.26. The molecule has 2 aromatic rings. The summed E-state index contributed by atoms with van der Waals surface area (Å²) in [6.45, 7) is 5.35. The minimum absolute atomic E-state index is 0.377. The normalized spacial score (nSPS) is 11.3. The van der Waals surface area contributed by atoms with Crippen molar-refractivity contribution in [1.29, 1.82) is 0 Å². The first-order chi connectivity index (χ1) is 8.44. The standard InChI is InChI=1S/C12H14N2O3S/c1-12(2,3)16-10(15)14-17-11-13-8-6-4-5-7-9(8)18-11/h4-7H,1-3H3,(H,14,15). The number of ether oxygens (including phenoxy) is 1. The van der Waals surface area contributed by atoms with Gasteiger partial charge in [0.2, 0.25) is 0 Å². The highest BCUT2D eigenvalue weighted by molar-refractivity contribution is 7.20. The molecule has 0 saturated carbocycles. The summed E-state index contributed by atoms with van der Waals surface area (Å²) in [5, 5.41) is 0.377. The van der Waals surface area contributed by atoms with E-state index in [4.69, 9.17) is 9.57 Å². The summed E-state index contributed by atoms with van der Waals surface area (Å²) in [6, 6.07) is 7.64. The van der Waals surface area contributed by atoms with E-state index in [0.29, 0.717) is 5.19 Å². The first-order valence-corrected chi connectivity index (χ1v) is 6.27. The van der Waals surface area contributed by atoms with Crippen molar-refractivity contribution in [1.82, 2.24) is 10.5 Å². The van der Waals surface area contributed by atoms with Crippen molar-refractivity contribution >= 4 is 27.6 Å². The van der Waals surface area contributed by atoms with Crippen LogP contribution in [0.2, 0.25) is 0 Å². The quantitative estimate of drug-likeness (QED) is 0.848. The lowest BCUT2D eigenvalue weighted by Gasteiger charge is -2.18. The SMILES string of the molecule is CC(C)(C)OC(=O)NOc1nc2ccccc2s1. The molecule has 0 aliphatic heterocycles. The second kappa shape index (κ2) is 4.81. The van der Waals surface area contributed by atoms with Crippen molar-refractivity contribution in [2.75, 3.05) is 0 Å². The van der Waals surface area contributed by atoms with Gasteiger partial charge in [-0.2, -0.15) is 5.48 Å². The predicted molar refractivity (Wildman–Crippen MR) is 69.6 cm³/mol. The Bertz CT molecular complexity index is 527. The number of benzene rings is 1. The molecular weight excluding hydrogens is 252 g/mol. The number of carbonyl (C=O) groups excluding carboxylic acids is 1. The van der Waals surface area contributed by atoms with Crippen LogP contribution in [0.1, 0.15) is 20.8 Å². The second-order valence-electron chi connectivity index (χ2n) is 4.65. The maximum atomic E-state index is 11.4. The van der Waals surface area contributed by atoms with E-state index in [9.17, 15) is 4.79 Å². The van der Waals surface area contributed by atoms with E-state index in [1.54, 1.807) is 20.8 Å². The molecule has 0 saturated heterocycles. The van der Waals surface area contributed by atoms with Crippen molar-refractivity contribution in [3.63, 3.8) is 0 Å². The molecule has 1 amide bonds. The van der Waals surface area contributed by atoms with Crippen LogP contribution < -0.4 is 10.3 Å². The lowest BCUT2D eigenvalue weighted by molar-refractivity contribution is 0.0287. The molecule has 0 aliphatic rings. The summed E-state index contributed by atoms with van der Waals surface area (Å²) < 4.78 is 6.03. The minimum Gasteiger partial charge on any atom is -0.442 e. The Balaban J connectivity index is 1.96. The lowest BCUT2D eigenvalue weighted by Crippen LogP contribution is -2.34. The zero-order chi connectivity index (χ0) is 13.2. The highest BCUT2D eigenvalue weighted by Gasteiger charge is 2.16. The largest absolute Gasteiger partial charge is 0.442 e. The molecule has 1 N–H and O–H groups in total. The Labute approximate surface area is 109 Å². The maximum Gasteiger partial charge on any atom is 0.441 e. The number of aromatic nitrogens is 1. The molecular formula is C12H14N2O3S. The third-order valence-corrected chi connectivity index (χ3v) is 2.81. The first-order valence-electron chi connectivity index (χ1n) is 5.45. The molecule has 1 aromatic heterocycles. The van der Waals surface area contributed by atoms with E-state index in [1.807, 2.05) is 24.3 Å². The van der Waals surface area contributed by atoms with Crippen molar-refractivity contribution < 1.29 is 14.4 Å². The van der Waals surface area contributed by atoms with E-state index in [0.717, 1.165) is 10.2 Å². The van der Waals surface area contributed by atoms with E-state index >= 15 is 0 Å². The van der Waals surface area contributed by atoms with Crippen LogP contribution in [-0.2, 0) is 4.74 Å². The monoisotopic (exact) mass is 266 g/mol. The van der Waals surface area contributed by atoms with Gasteiger partial charge >= 0.3 is 11.3 Å². The van der Waals surface area contributed by atoms with Crippen LogP contribution in [0.15, 0.2) is 24.3 Å². The fraction of sp³-hybridized carbons (Fsp3) is 0.333. The van der Waals surface area contributed by atoms with Crippen molar-refractivity contribution in [3.8, 4) is 5.19 Å².